The molecular formula is C16H20N2O3. The van der Waals surface area contributed by atoms with E-state index in [1.165, 1.54) is 6.07 Å². The Hall–Kier alpha value is -1.85. The quantitative estimate of drug-likeness (QED) is 0.840. The van der Waals surface area contributed by atoms with E-state index in [4.69, 9.17) is 10.2 Å². The maximum Gasteiger partial charge on any atom is 0.336 e. The predicted molar refractivity (Wildman–Crippen MR) is 81.2 cm³/mol. The maximum absolute atomic E-state index is 11.7. The number of phenols is 1. The third-order valence-corrected chi connectivity index (χ3v) is 4.31. The normalized spacial score (nSPS) is 23.0. The van der Waals surface area contributed by atoms with E-state index in [2.05, 4.69) is 11.8 Å². The molecule has 5 heteroatoms. The molecule has 1 aromatic carbocycles. The van der Waals surface area contributed by atoms with Crippen LogP contribution in [0.15, 0.2) is 33.5 Å². The van der Waals surface area contributed by atoms with Crippen LogP contribution in [-0.2, 0) is 6.54 Å². The summed E-state index contributed by atoms with van der Waals surface area (Å²) in [6.07, 6.45) is 1.09. The highest BCUT2D eigenvalue weighted by atomic mass is 16.4. The number of benzene rings is 1. The van der Waals surface area contributed by atoms with Gasteiger partial charge in [-0.05, 0) is 43.5 Å². The van der Waals surface area contributed by atoms with Crippen molar-refractivity contribution in [2.75, 3.05) is 13.1 Å². The lowest BCUT2D eigenvalue weighted by atomic mass is 10.1. The van der Waals surface area contributed by atoms with Crippen LogP contribution in [0.2, 0.25) is 0 Å². The van der Waals surface area contributed by atoms with Crippen molar-refractivity contribution in [2.45, 2.75) is 25.9 Å². The monoisotopic (exact) mass is 288 g/mol. The summed E-state index contributed by atoms with van der Waals surface area (Å²) in [6, 6.07) is 6.89. The van der Waals surface area contributed by atoms with Gasteiger partial charge in [0.2, 0.25) is 0 Å². The number of likely N-dealkylation sites (tertiary alicyclic amines) is 1. The molecule has 0 saturated carbocycles. The molecule has 2 heterocycles. The fourth-order valence-corrected chi connectivity index (χ4v) is 3.18. The van der Waals surface area contributed by atoms with E-state index in [9.17, 15) is 9.90 Å². The SMILES string of the molecule is CC1CC(CN)CN1Cc1cc(=O)oc2cc(O)ccc12. The molecule has 2 unspecified atom stereocenters. The molecule has 1 fully saturated rings. The number of phenolic OH excluding ortho intramolecular Hbond substituents is 1. The Morgan fingerprint density at radius 1 is 1.43 bits per heavy atom. The zero-order chi connectivity index (χ0) is 15.0. The van der Waals surface area contributed by atoms with E-state index in [0.717, 1.165) is 23.9 Å². The van der Waals surface area contributed by atoms with Crippen LogP contribution in [0.4, 0.5) is 0 Å². The van der Waals surface area contributed by atoms with Gasteiger partial charge in [0.1, 0.15) is 11.3 Å². The highest BCUT2D eigenvalue weighted by Crippen LogP contribution is 2.27. The van der Waals surface area contributed by atoms with Gasteiger partial charge in [-0.3, -0.25) is 4.90 Å². The lowest BCUT2D eigenvalue weighted by Gasteiger charge is -2.21. The highest BCUT2D eigenvalue weighted by Gasteiger charge is 2.28. The van der Waals surface area contributed by atoms with Gasteiger partial charge in [-0.2, -0.15) is 0 Å². The Labute approximate surface area is 123 Å². The molecule has 2 atom stereocenters. The Balaban J connectivity index is 1.95. The number of rotatable bonds is 3. The Morgan fingerprint density at radius 3 is 2.95 bits per heavy atom. The largest absolute Gasteiger partial charge is 0.508 e. The molecule has 3 N–H and O–H groups in total. The Bertz CT molecular complexity index is 710. The van der Waals surface area contributed by atoms with Crippen LogP contribution in [0.5, 0.6) is 5.75 Å². The minimum absolute atomic E-state index is 0.0977. The second kappa shape index (κ2) is 5.50. The molecule has 1 aliphatic heterocycles. The molecule has 21 heavy (non-hydrogen) atoms. The van der Waals surface area contributed by atoms with E-state index in [1.54, 1.807) is 18.2 Å². The van der Waals surface area contributed by atoms with Crippen LogP contribution in [0, 0.1) is 5.92 Å². The predicted octanol–water partition coefficient (Wildman–Crippen LogP) is 1.67. The molecule has 112 valence electrons. The van der Waals surface area contributed by atoms with Gasteiger partial charge in [0.25, 0.3) is 0 Å². The Morgan fingerprint density at radius 2 is 2.24 bits per heavy atom. The van der Waals surface area contributed by atoms with E-state index in [0.29, 0.717) is 30.6 Å². The van der Waals surface area contributed by atoms with E-state index < -0.39 is 0 Å². The van der Waals surface area contributed by atoms with E-state index in [-0.39, 0.29) is 11.4 Å². The molecule has 5 nitrogen and oxygen atoms in total. The van der Waals surface area contributed by atoms with Gasteiger partial charge >= 0.3 is 5.63 Å². The fourth-order valence-electron chi connectivity index (χ4n) is 3.18. The molecular weight excluding hydrogens is 268 g/mol. The molecule has 1 aliphatic rings. The summed E-state index contributed by atoms with van der Waals surface area (Å²) in [5, 5.41) is 10.4. The van der Waals surface area contributed by atoms with Gasteiger partial charge in [-0.1, -0.05) is 0 Å². The molecule has 0 amide bonds. The number of aromatic hydroxyl groups is 1. The first kappa shape index (κ1) is 14.1. The molecule has 0 bridgehead atoms. The fraction of sp³-hybridized carbons (Fsp3) is 0.438. The van der Waals surface area contributed by atoms with Crippen molar-refractivity contribution >= 4 is 11.0 Å². The van der Waals surface area contributed by atoms with Crippen molar-refractivity contribution in [3.05, 3.63) is 40.2 Å². The van der Waals surface area contributed by atoms with Crippen LogP contribution < -0.4 is 11.4 Å². The number of fused-ring (bicyclic) bond motifs is 1. The van der Waals surface area contributed by atoms with Gasteiger partial charge in [0.15, 0.2) is 0 Å². The molecule has 0 radical (unpaired) electrons. The molecule has 1 aromatic heterocycles. The van der Waals surface area contributed by atoms with Crippen molar-refractivity contribution in [3.8, 4) is 5.75 Å². The summed E-state index contributed by atoms with van der Waals surface area (Å²) in [4.78, 5) is 14.1. The average Bonchev–Trinajstić information content (AvgIpc) is 2.78. The summed E-state index contributed by atoms with van der Waals surface area (Å²) in [5.74, 6) is 0.621. The van der Waals surface area contributed by atoms with Gasteiger partial charge in [-0.15, -0.1) is 0 Å². The van der Waals surface area contributed by atoms with Crippen molar-refractivity contribution in [3.63, 3.8) is 0 Å². The van der Waals surface area contributed by atoms with E-state index in [1.807, 2.05) is 0 Å². The standard InChI is InChI=1S/C16H20N2O3/c1-10-4-11(7-17)8-18(10)9-12-5-16(20)21-15-6-13(19)2-3-14(12)15/h2-3,5-6,10-11,19H,4,7-9,17H2,1H3. The van der Waals surface area contributed by atoms with Crippen molar-refractivity contribution in [1.29, 1.82) is 0 Å². The van der Waals surface area contributed by atoms with Crippen LogP contribution in [0.1, 0.15) is 18.9 Å². The molecule has 1 saturated heterocycles. The second-order valence-corrected chi connectivity index (χ2v) is 5.89. The summed E-state index contributed by atoms with van der Waals surface area (Å²) < 4.78 is 5.16. The smallest absolute Gasteiger partial charge is 0.336 e. The summed E-state index contributed by atoms with van der Waals surface area (Å²) in [6.45, 7) is 4.55. The third-order valence-electron chi connectivity index (χ3n) is 4.31. The molecule has 0 aliphatic carbocycles. The summed E-state index contributed by atoms with van der Waals surface area (Å²) >= 11 is 0. The maximum atomic E-state index is 11.7. The van der Waals surface area contributed by atoms with Gasteiger partial charge in [0, 0.05) is 36.7 Å². The highest BCUT2D eigenvalue weighted by molar-refractivity contribution is 5.81. The lowest BCUT2D eigenvalue weighted by Crippen LogP contribution is -2.27. The summed E-state index contributed by atoms with van der Waals surface area (Å²) in [5.41, 5.74) is 6.75. The first-order valence-corrected chi connectivity index (χ1v) is 7.26. The number of nitrogens with zero attached hydrogens (tertiary/aromatic N) is 1. The third kappa shape index (κ3) is 2.80. The molecule has 0 spiro atoms. The first-order valence-electron chi connectivity index (χ1n) is 7.26. The second-order valence-electron chi connectivity index (χ2n) is 5.89. The average molecular weight is 288 g/mol. The molecule has 3 rings (SSSR count). The number of nitrogens with two attached hydrogens (primary N) is 1. The van der Waals surface area contributed by atoms with Crippen LogP contribution in [0.3, 0.4) is 0 Å². The van der Waals surface area contributed by atoms with Gasteiger partial charge in [0.05, 0.1) is 0 Å². The minimum Gasteiger partial charge on any atom is -0.508 e. The van der Waals surface area contributed by atoms with Gasteiger partial charge in [-0.25, -0.2) is 4.79 Å². The Kier molecular flexibility index (Phi) is 3.69. The van der Waals surface area contributed by atoms with Gasteiger partial charge < -0.3 is 15.3 Å². The van der Waals surface area contributed by atoms with Crippen LogP contribution >= 0.6 is 0 Å². The van der Waals surface area contributed by atoms with Crippen LogP contribution in [-0.4, -0.2) is 29.1 Å². The first-order chi connectivity index (χ1) is 10.1. The van der Waals surface area contributed by atoms with Crippen molar-refractivity contribution in [1.82, 2.24) is 4.90 Å². The van der Waals surface area contributed by atoms with Crippen molar-refractivity contribution < 1.29 is 9.52 Å². The van der Waals surface area contributed by atoms with Crippen LogP contribution in [0.25, 0.3) is 11.0 Å². The van der Waals surface area contributed by atoms with E-state index >= 15 is 0 Å². The number of hydrogen-bond donors (Lipinski definition) is 2. The topological polar surface area (TPSA) is 79.7 Å². The molecule has 2 aromatic rings. The minimum atomic E-state index is -0.384. The lowest BCUT2D eigenvalue weighted by molar-refractivity contribution is 0.256. The zero-order valence-electron chi connectivity index (χ0n) is 12.1. The number of hydrogen-bond acceptors (Lipinski definition) is 5. The zero-order valence-corrected chi connectivity index (χ0v) is 12.1. The van der Waals surface area contributed by atoms with Crippen molar-refractivity contribution in [2.24, 2.45) is 11.7 Å². The summed E-state index contributed by atoms with van der Waals surface area (Å²) in [7, 11) is 0.